The maximum absolute atomic E-state index is 11.7. The Morgan fingerprint density at radius 2 is 1.95 bits per heavy atom. The first kappa shape index (κ1) is 13.0. The molecular formula is C18H13NO2. The molecule has 3 heteroatoms. The van der Waals surface area contributed by atoms with E-state index in [4.69, 9.17) is 4.74 Å². The molecule has 0 saturated heterocycles. The van der Waals surface area contributed by atoms with Crippen LogP contribution >= 0.6 is 0 Å². The van der Waals surface area contributed by atoms with Gasteiger partial charge in [0.2, 0.25) is 0 Å². The highest BCUT2D eigenvalue weighted by Crippen LogP contribution is 2.19. The quantitative estimate of drug-likeness (QED) is 0.442. The third kappa shape index (κ3) is 3.31. The normalized spacial score (nSPS) is 9.90. The highest BCUT2D eigenvalue weighted by Gasteiger charge is 2.04. The Labute approximate surface area is 122 Å². The van der Waals surface area contributed by atoms with Gasteiger partial charge in [-0.1, -0.05) is 30.0 Å². The summed E-state index contributed by atoms with van der Waals surface area (Å²) in [6.45, 7) is 0. The summed E-state index contributed by atoms with van der Waals surface area (Å²) in [5.74, 6) is 5.94. The molecule has 3 rings (SSSR count). The van der Waals surface area contributed by atoms with E-state index in [9.17, 15) is 4.79 Å². The van der Waals surface area contributed by atoms with E-state index in [0.29, 0.717) is 5.75 Å². The van der Waals surface area contributed by atoms with Crippen LogP contribution in [0.5, 0.6) is 5.75 Å². The topological polar surface area (TPSA) is 42.1 Å². The monoisotopic (exact) mass is 275 g/mol. The molecule has 102 valence electrons. The summed E-state index contributed by atoms with van der Waals surface area (Å²) >= 11 is 0. The summed E-state index contributed by atoms with van der Waals surface area (Å²) in [6, 6.07) is 17.0. The zero-order valence-corrected chi connectivity index (χ0v) is 11.3. The third-order valence-corrected chi connectivity index (χ3v) is 3.00. The van der Waals surface area contributed by atoms with Gasteiger partial charge >= 0.3 is 5.97 Å². The lowest BCUT2D eigenvalue weighted by atomic mass is 10.2. The third-order valence-electron chi connectivity index (χ3n) is 3.00. The Morgan fingerprint density at radius 3 is 2.81 bits per heavy atom. The molecule has 1 heterocycles. The van der Waals surface area contributed by atoms with Gasteiger partial charge in [-0.15, -0.1) is 0 Å². The fourth-order valence-corrected chi connectivity index (χ4v) is 2.00. The number of benzene rings is 2. The first-order valence-corrected chi connectivity index (χ1v) is 6.63. The standard InChI is InChI=1S/C18H13NO2/c20-18(8-4-7-14-5-2-1-3-6-14)21-16-9-10-17-15(13-16)11-12-19-17/h1-3,5-6,9-13,19H,8H2. The molecule has 2 aromatic carbocycles. The lowest BCUT2D eigenvalue weighted by Gasteiger charge is -2.01. The number of H-pyrrole nitrogens is 1. The molecule has 21 heavy (non-hydrogen) atoms. The van der Waals surface area contributed by atoms with Crippen LogP contribution in [0.15, 0.2) is 60.8 Å². The summed E-state index contributed by atoms with van der Waals surface area (Å²) in [6.07, 6.45) is 1.92. The van der Waals surface area contributed by atoms with E-state index >= 15 is 0 Å². The van der Waals surface area contributed by atoms with Crippen LogP contribution in [-0.4, -0.2) is 11.0 Å². The lowest BCUT2D eigenvalue weighted by Crippen LogP contribution is -2.06. The number of fused-ring (bicyclic) bond motifs is 1. The van der Waals surface area contributed by atoms with Crippen molar-refractivity contribution in [2.24, 2.45) is 0 Å². The molecule has 1 aromatic heterocycles. The van der Waals surface area contributed by atoms with Crippen molar-refractivity contribution >= 4 is 16.9 Å². The van der Waals surface area contributed by atoms with Crippen LogP contribution in [0.1, 0.15) is 12.0 Å². The van der Waals surface area contributed by atoms with E-state index in [1.807, 2.05) is 54.7 Å². The molecule has 0 bridgehead atoms. The number of rotatable bonds is 2. The van der Waals surface area contributed by atoms with Crippen molar-refractivity contribution < 1.29 is 9.53 Å². The van der Waals surface area contributed by atoms with Gasteiger partial charge in [-0.05, 0) is 36.4 Å². The van der Waals surface area contributed by atoms with Crippen molar-refractivity contribution in [1.82, 2.24) is 4.98 Å². The van der Waals surface area contributed by atoms with E-state index in [0.717, 1.165) is 16.5 Å². The zero-order chi connectivity index (χ0) is 14.5. The van der Waals surface area contributed by atoms with Gasteiger partial charge < -0.3 is 9.72 Å². The molecule has 0 amide bonds. The molecule has 3 nitrogen and oxygen atoms in total. The number of carbonyl (C=O) groups excluding carboxylic acids is 1. The minimum atomic E-state index is -0.353. The molecular weight excluding hydrogens is 262 g/mol. The molecule has 1 N–H and O–H groups in total. The second-order valence-corrected chi connectivity index (χ2v) is 4.55. The van der Waals surface area contributed by atoms with Gasteiger partial charge in [0.25, 0.3) is 0 Å². The van der Waals surface area contributed by atoms with Gasteiger partial charge in [-0.25, -0.2) is 0 Å². The highest BCUT2D eigenvalue weighted by atomic mass is 16.5. The first-order valence-electron chi connectivity index (χ1n) is 6.63. The van der Waals surface area contributed by atoms with Crippen LogP contribution in [0.2, 0.25) is 0 Å². The predicted octanol–water partition coefficient (Wildman–Crippen LogP) is 3.52. The van der Waals surface area contributed by atoms with Crippen molar-refractivity contribution in [3.63, 3.8) is 0 Å². The van der Waals surface area contributed by atoms with Crippen molar-refractivity contribution in [3.8, 4) is 17.6 Å². The highest BCUT2D eigenvalue weighted by molar-refractivity contribution is 5.82. The minimum absolute atomic E-state index is 0.0695. The number of aromatic amines is 1. The summed E-state index contributed by atoms with van der Waals surface area (Å²) in [5, 5.41) is 1.01. The van der Waals surface area contributed by atoms with Gasteiger partial charge in [-0.2, -0.15) is 0 Å². The molecule has 0 saturated carbocycles. The van der Waals surface area contributed by atoms with Crippen LogP contribution in [-0.2, 0) is 4.79 Å². The smallest absolute Gasteiger partial charge is 0.323 e. The Bertz CT molecular complexity index is 822. The Morgan fingerprint density at radius 1 is 1.10 bits per heavy atom. The van der Waals surface area contributed by atoms with Gasteiger partial charge in [0.15, 0.2) is 0 Å². The Kier molecular flexibility index (Phi) is 3.70. The zero-order valence-electron chi connectivity index (χ0n) is 11.3. The number of hydrogen-bond acceptors (Lipinski definition) is 2. The first-order chi connectivity index (χ1) is 10.3. The lowest BCUT2D eigenvalue weighted by molar-refractivity contribution is -0.133. The van der Waals surface area contributed by atoms with Gasteiger partial charge in [0, 0.05) is 22.7 Å². The average molecular weight is 275 g/mol. The molecule has 0 spiro atoms. The molecule has 0 aliphatic heterocycles. The minimum Gasteiger partial charge on any atom is -0.426 e. The molecule has 0 atom stereocenters. The van der Waals surface area contributed by atoms with Crippen LogP contribution < -0.4 is 4.74 Å². The number of nitrogens with one attached hydrogen (secondary N) is 1. The van der Waals surface area contributed by atoms with Gasteiger partial charge in [0.05, 0.1) is 0 Å². The van der Waals surface area contributed by atoms with E-state index in [1.165, 1.54) is 0 Å². The molecule has 3 aromatic rings. The maximum Gasteiger partial charge on any atom is 0.323 e. The molecule has 0 radical (unpaired) electrons. The van der Waals surface area contributed by atoms with Gasteiger partial charge in [0.1, 0.15) is 12.2 Å². The second kappa shape index (κ2) is 5.98. The van der Waals surface area contributed by atoms with E-state index in [1.54, 1.807) is 6.07 Å². The van der Waals surface area contributed by atoms with Crippen LogP contribution in [0, 0.1) is 11.8 Å². The molecule has 0 unspecified atom stereocenters. The number of carbonyl (C=O) groups is 1. The van der Waals surface area contributed by atoms with Crippen molar-refractivity contribution in [2.45, 2.75) is 6.42 Å². The summed E-state index contributed by atoms with van der Waals surface area (Å²) in [4.78, 5) is 14.8. The van der Waals surface area contributed by atoms with Crippen LogP contribution in [0.25, 0.3) is 10.9 Å². The van der Waals surface area contributed by atoms with Crippen molar-refractivity contribution in [3.05, 3.63) is 66.4 Å². The van der Waals surface area contributed by atoms with E-state index < -0.39 is 0 Å². The Balaban J connectivity index is 1.62. The van der Waals surface area contributed by atoms with Crippen molar-refractivity contribution in [1.29, 1.82) is 0 Å². The molecule has 0 aliphatic carbocycles. The summed E-state index contributed by atoms with van der Waals surface area (Å²) in [7, 11) is 0. The largest absolute Gasteiger partial charge is 0.426 e. The van der Waals surface area contributed by atoms with Crippen molar-refractivity contribution in [2.75, 3.05) is 0 Å². The molecule has 0 fully saturated rings. The number of esters is 1. The summed E-state index contributed by atoms with van der Waals surface area (Å²) < 4.78 is 5.27. The average Bonchev–Trinajstić information content (AvgIpc) is 2.96. The second-order valence-electron chi connectivity index (χ2n) is 4.55. The predicted molar refractivity (Wildman–Crippen MR) is 81.9 cm³/mol. The Hall–Kier alpha value is -2.99. The van der Waals surface area contributed by atoms with E-state index in [-0.39, 0.29) is 12.4 Å². The fraction of sp³-hybridized carbons (Fsp3) is 0.0556. The number of aromatic nitrogens is 1. The summed E-state index contributed by atoms with van der Waals surface area (Å²) in [5.41, 5.74) is 1.90. The van der Waals surface area contributed by atoms with E-state index in [2.05, 4.69) is 16.8 Å². The number of ether oxygens (including phenoxy) is 1. The van der Waals surface area contributed by atoms with Crippen LogP contribution in [0.4, 0.5) is 0 Å². The van der Waals surface area contributed by atoms with Gasteiger partial charge in [-0.3, -0.25) is 4.79 Å². The maximum atomic E-state index is 11.7. The molecule has 0 aliphatic rings. The number of hydrogen-bond donors (Lipinski definition) is 1. The SMILES string of the molecule is O=C(CC#Cc1ccccc1)Oc1ccc2[nH]ccc2c1. The van der Waals surface area contributed by atoms with Crippen LogP contribution in [0.3, 0.4) is 0 Å². The fourth-order valence-electron chi connectivity index (χ4n) is 2.00.